The monoisotopic (exact) mass is 886 g/mol. The van der Waals surface area contributed by atoms with Gasteiger partial charge in [-0.15, -0.1) is 0 Å². The quantitative estimate of drug-likeness (QED) is 0.164. The van der Waals surface area contributed by atoms with Crippen molar-refractivity contribution in [3.8, 4) is 22.3 Å². The van der Waals surface area contributed by atoms with Gasteiger partial charge in [-0.1, -0.05) is 153 Å². The Kier molecular flexibility index (Phi) is 8.18. The smallest absolute Gasteiger partial charge is 0.257 e. The van der Waals surface area contributed by atoms with E-state index in [0.29, 0.717) is 11.8 Å². The second-order valence-electron chi connectivity index (χ2n) is 20.2. The van der Waals surface area contributed by atoms with Crippen molar-refractivity contribution in [2.75, 3.05) is 9.80 Å². The van der Waals surface area contributed by atoms with Crippen molar-refractivity contribution in [1.29, 1.82) is 0 Å². The first kappa shape index (κ1) is 39.3. The van der Waals surface area contributed by atoms with Crippen LogP contribution in [0, 0.1) is 0 Å². The third kappa shape index (κ3) is 5.20. The van der Waals surface area contributed by atoms with Crippen LogP contribution in [-0.4, -0.2) is 15.8 Å². The standard InChI is InChI=1S/C64H51BN4/c1-5-38-26-32-56-54(34-38)60-63(66(56)3)68(40-28-30-50-46-20-9-7-16-42(46)44-18-11-13-22-48(44)52(50)36-40)58-24-15-25-59-62(58)65(60)61-55-35-39(6-2)27-33-57(55)67(4)64(61)69(59)41-29-31-51-47-21-10-8-17-43(47)45-19-12-14-23-49(45)53(51)37-41/h7-37,44-45,48-49H,5-6H2,1-4H3. The van der Waals surface area contributed by atoms with Crippen molar-refractivity contribution in [2.45, 2.75) is 50.4 Å². The van der Waals surface area contributed by atoms with Crippen LogP contribution in [0.2, 0.25) is 0 Å². The number of rotatable bonds is 4. The largest absolute Gasteiger partial charge is 0.330 e. The summed E-state index contributed by atoms with van der Waals surface area (Å²) in [5.74, 6) is 3.62. The molecular formula is C64H51BN4. The summed E-state index contributed by atoms with van der Waals surface area (Å²) in [5, 5.41) is 2.68. The van der Waals surface area contributed by atoms with E-state index in [0.717, 1.165) is 12.8 Å². The normalized spacial score (nSPS) is 19.4. The van der Waals surface area contributed by atoms with Gasteiger partial charge in [0.05, 0.1) is 0 Å². The summed E-state index contributed by atoms with van der Waals surface area (Å²) in [4.78, 5) is 5.27. The van der Waals surface area contributed by atoms with E-state index in [2.05, 4.69) is 235 Å². The number of nitrogens with zero attached hydrogens (tertiary/aromatic N) is 4. The molecule has 0 N–H and O–H groups in total. The van der Waals surface area contributed by atoms with Crippen molar-refractivity contribution in [1.82, 2.24) is 9.13 Å². The molecule has 0 spiro atoms. The van der Waals surface area contributed by atoms with Crippen LogP contribution in [-0.2, 0) is 26.9 Å². The average molecular weight is 887 g/mol. The molecule has 330 valence electrons. The number of hydrogen-bond acceptors (Lipinski definition) is 2. The Morgan fingerprint density at radius 3 is 1.28 bits per heavy atom. The van der Waals surface area contributed by atoms with Crippen molar-refractivity contribution in [2.24, 2.45) is 14.1 Å². The van der Waals surface area contributed by atoms with Crippen LogP contribution >= 0.6 is 0 Å². The predicted molar refractivity (Wildman–Crippen MR) is 291 cm³/mol. The maximum absolute atomic E-state index is 2.63. The van der Waals surface area contributed by atoms with E-state index >= 15 is 0 Å². The first-order chi connectivity index (χ1) is 34.0. The number of fused-ring (bicyclic) bond motifs is 20. The van der Waals surface area contributed by atoms with Crippen LogP contribution in [0.3, 0.4) is 0 Å². The van der Waals surface area contributed by atoms with Gasteiger partial charge in [-0.3, -0.25) is 9.80 Å². The molecule has 4 unspecified atom stereocenters. The molecule has 4 heterocycles. The molecule has 0 radical (unpaired) electrons. The highest BCUT2D eigenvalue weighted by molar-refractivity contribution is 7.03. The Morgan fingerprint density at radius 2 is 0.826 bits per heavy atom. The molecule has 0 amide bonds. The number of hydrogen-bond donors (Lipinski definition) is 0. The second kappa shape index (κ2) is 14.4. The third-order valence-electron chi connectivity index (χ3n) is 17.0. The molecule has 0 fully saturated rings. The lowest BCUT2D eigenvalue weighted by Crippen LogP contribution is -2.61. The highest BCUT2D eigenvalue weighted by Crippen LogP contribution is 2.54. The molecule has 4 nitrogen and oxygen atoms in total. The van der Waals surface area contributed by atoms with Crippen molar-refractivity contribution in [3.05, 3.63) is 222 Å². The Morgan fingerprint density at radius 1 is 0.406 bits per heavy atom. The Labute approximate surface area is 404 Å². The molecule has 69 heavy (non-hydrogen) atoms. The topological polar surface area (TPSA) is 16.3 Å². The number of anilines is 6. The summed E-state index contributed by atoms with van der Waals surface area (Å²) in [6, 6.07) is 54.4. The zero-order valence-corrected chi connectivity index (χ0v) is 39.5. The summed E-state index contributed by atoms with van der Waals surface area (Å²) in [7, 11) is 4.60. The fraction of sp³-hybridized carbons (Fsp3) is 0.156. The van der Waals surface area contributed by atoms with Gasteiger partial charge in [0.2, 0.25) is 0 Å². The van der Waals surface area contributed by atoms with Gasteiger partial charge in [-0.2, -0.15) is 0 Å². The summed E-state index contributed by atoms with van der Waals surface area (Å²) < 4.78 is 5.00. The van der Waals surface area contributed by atoms with E-state index in [9.17, 15) is 0 Å². The summed E-state index contributed by atoms with van der Waals surface area (Å²) in [6.07, 6.45) is 20.6. The van der Waals surface area contributed by atoms with Gasteiger partial charge in [-0.05, 0) is 144 Å². The molecule has 5 heteroatoms. The second-order valence-corrected chi connectivity index (χ2v) is 20.2. The zero-order chi connectivity index (χ0) is 45.8. The van der Waals surface area contributed by atoms with Crippen molar-refractivity contribution in [3.63, 3.8) is 0 Å². The third-order valence-corrected chi connectivity index (χ3v) is 17.0. The number of allylic oxidation sites excluding steroid dienone is 8. The number of aryl methyl sites for hydroxylation is 4. The minimum Gasteiger partial charge on any atom is -0.330 e. The van der Waals surface area contributed by atoms with Gasteiger partial charge in [0.15, 0.2) is 0 Å². The van der Waals surface area contributed by atoms with Gasteiger partial charge in [0, 0.05) is 71.5 Å². The van der Waals surface area contributed by atoms with E-state index in [1.165, 1.54) is 128 Å². The van der Waals surface area contributed by atoms with E-state index in [4.69, 9.17) is 0 Å². The Balaban J connectivity index is 1.03. The average Bonchev–Trinajstić information content (AvgIpc) is 3.87. The highest BCUT2D eigenvalue weighted by Gasteiger charge is 2.48. The minimum atomic E-state index is -0.0130. The van der Waals surface area contributed by atoms with Crippen LogP contribution in [0.1, 0.15) is 70.9 Å². The summed E-state index contributed by atoms with van der Waals surface area (Å²) in [6.45, 7) is 4.56. The molecule has 15 rings (SSSR count). The van der Waals surface area contributed by atoms with Crippen LogP contribution < -0.4 is 26.2 Å². The first-order valence-corrected chi connectivity index (χ1v) is 25.1. The maximum Gasteiger partial charge on any atom is 0.257 e. The molecular weight excluding hydrogens is 836 g/mol. The molecule has 0 bridgehead atoms. The Bertz CT molecular complexity index is 3610. The molecule has 4 aliphatic carbocycles. The van der Waals surface area contributed by atoms with E-state index < -0.39 is 0 Å². The molecule has 2 aliphatic heterocycles. The van der Waals surface area contributed by atoms with Crippen LogP contribution in [0.4, 0.5) is 34.4 Å². The predicted octanol–water partition coefficient (Wildman–Crippen LogP) is 13.8. The number of aromatic nitrogens is 2. The van der Waals surface area contributed by atoms with Gasteiger partial charge in [0.25, 0.3) is 6.71 Å². The van der Waals surface area contributed by atoms with Crippen molar-refractivity contribution >= 4 is 79.3 Å². The summed E-state index contributed by atoms with van der Waals surface area (Å²) in [5.41, 5.74) is 25.3. The number of benzene rings is 7. The van der Waals surface area contributed by atoms with E-state index in [-0.39, 0.29) is 18.5 Å². The lowest BCUT2D eigenvalue weighted by Gasteiger charge is -2.43. The molecule has 0 saturated heterocycles. The van der Waals surface area contributed by atoms with E-state index in [1.54, 1.807) is 0 Å². The SMILES string of the molecule is CCc1ccc2c(c1)c1c(n2C)N(c2ccc3c(c2)C2C=CC=CC2c2ccccc2-3)c2cccc3c2B1c1c(n(C)c2ccc(CC)cc12)N3c1ccc2c(c1)C1C=CC=CC1c1ccccc1-2. The van der Waals surface area contributed by atoms with Gasteiger partial charge >= 0.3 is 0 Å². The first-order valence-electron chi connectivity index (χ1n) is 25.1. The van der Waals surface area contributed by atoms with Crippen LogP contribution in [0.25, 0.3) is 44.1 Å². The van der Waals surface area contributed by atoms with E-state index in [1.807, 2.05) is 0 Å². The molecule has 2 aromatic heterocycles. The van der Waals surface area contributed by atoms with Crippen LogP contribution in [0.5, 0.6) is 0 Å². The van der Waals surface area contributed by atoms with Gasteiger partial charge < -0.3 is 9.13 Å². The minimum absolute atomic E-state index is 0.0130. The van der Waals surface area contributed by atoms with Gasteiger partial charge in [-0.25, -0.2) is 0 Å². The molecule has 4 atom stereocenters. The lowest BCUT2D eigenvalue weighted by atomic mass is 9.33. The van der Waals surface area contributed by atoms with Gasteiger partial charge in [0.1, 0.15) is 11.6 Å². The fourth-order valence-electron chi connectivity index (χ4n) is 13.9. The molecule has 0 saturated carbocycles. The van der Waals surface area contributed by atoms with Crippen LogP contribution in [0.15, 0.2) is 188 Å². The fourth-order valence-corrected chi connectivity index (χ4v) is 13.9. The molecule has 9 aromatic rings. The summed E-state index contributed by atoms with van der Waals surface area (Å²) >= 11 is 0. The lowest BCUT2D eigenvalue weighted by molar-refractivity contribution is 0.720. The highest BCUT2D eigenvalue weighted by atomic mass is 15.3. The maximum atomic E-state index is 2.63. The molecule has 7 aromatic carbocycles. The zero-order valence-electron chi connectivity index (χ0n) is 39.5. The Hall–Kier alpha value is -7.76. The van der Waals surface area contributed by atoms with Crippen molar-refractivity contribution < 1.29 is 0 Å². The molecule has 6 aliphatic rings.